The van der Waals surface area contributed by atoms with Gasteiger partial charge in [-0.05, 0) is 26.2 Å². The molecule has 0 spiro atoms. The molecule has 2 N–H and O–H groups in total. The molecule has 1 aromatic rings. The number of fused-ring (bicyclic) bond motifs is 1. The van der Waals surface area contributed by atoms with E-state index in [9.17, 15) is 0 Å². The molecular formula is C16H28N6O2. The fourth-order valence-electron chi connectivity index (χ4n) is 2.99. The highest BCUT2D eigenvalue weighted by Gasteiger charge is 2.17. The number of nitrogens with zero attached hydrogens (tertiary/aromatic N) is 4. The second-order valence-corrected chi connectivity index (χ2v) is 6.12. The van der Waals surface area contributed by atoms with Gasteiger partial charge in [0.15, 0.2) is 11.8 Å². The van der Waals surface area contributed by atoms with Crippen LogP contribution in [0.4, 0.5) is 0 Å². The van der Waals surface area contributed by atoms with Gasteiger partial charge in [0.25, 0.3) is 0 Å². The minimum absolute atomic E-state index is 0.280. The normalized spacial score (nSPS) is 20.4. The maximum Gasteiger partial charge on any atom is 0.191 e. The highest BCUT2D eigenvalue weighted by molar-refractivity contribution is 5.79. The molecular weight excluding hydrogens is 308 g/mol. The van der Waals surface area contributed by atoms with Gasteiger partial charge in [0.2, 0.25) is 0 Å². The number of rotatable bonds is 8. The van der Waals surface area contributed by atoms with E-state index < -0.39 is 0 Å². The zero-order valence-corrected chi connectivity index (χ0v) is 14.5. The Morgan fingerprint density at radius 3 is 3.21 bits per heavy atom. The molecule has 1 aromatic heterocycles. The summed E-state index contributed by atoms with van der Waals surface area (Å²) in [5.74, 6) is 2.85. The van der Waals surface area contributed by atoms with Gasteiger partial charge >= 0.3 is 0 Å². The highest BCUT2D eigenvalue weighted by atomic mass is 16.5. The van der Waals surface area contributed by atoms with Crippen LogP contribution in [-0.2, 0) is 29.0 Å². The summed E-state index contributed by atoms with van der Waals surface area (Å²) < 4.78 is 13.3. The minimum atomic E-state index is 0.280. The van der Waals surface area contributed by atoms with Crippen molar-refractivity contribution >= 4 is 5.96 Å². The van der Waals surface area contributed by atoms with Crippen molar-refractivity contribution in [1.82, 2.24) is 25.4 Å². The summed E-state index contributed by atoms with van der Waals surface area (Å²) in [5.41, 5.74) is 0. The van der Waals surface area contributed by atoms with Crippen molar-refractivity contribution in [2.45, 2.75) is 51.8 Å². The summed E-state index contributed by atoms with van der Waals surface area (Å²) in [7, 11) is 0. The number of ether oxygens (including phenoxy) is 2. The van der Waals surface area contributed by atoms with E-state index in [1.54, 1.807) is 0 Å². The van der Waals surface area contributed by atoms with Crippen LogP contribution in [0.25, 0.3) is 0 Å². The molecule has 0 bridgehead atoms. The number of nitrogens with one attached hydrogen (secondary N) is 2. The average Bonchev–Trinajstić information content (AvgIpc) is 3.31. The van der Waals surface area contributed by atoms with Gasteiger partial charge in [0.1, 0.15) is 12.4 Å². The van der Waals surface area contributed by atoms with Crippen LogP contribution in [0.5, 0.6) is 0 Å². The number of hydrogen-bond acceptors (Lipinski definition) is 5. The van der Waals surface area contributed by atoms with Crippen LogP contribution in [0.3, 0.4) is 0 Å². The predicted molar refractivity (Wildman–Crippen MR) is 91.0 cm³/mol. The van der Waals surface area contributed by atoms with Crippen LogP contribution in [0, 0.1) is 0 Å². The lowest BCUT2D eigenvalue weighted by Gasteiger charge is -2.13. The first-order valence-corrected chi connectivity index (χ1v) is 8.99. The fourth-order valence-corrected chi connectivity index (χ4v) is 2.99. The van der Waals surface area contributed by atoms with Crippen molar-refractivity contribution in [1.29, 1.82) is 0 Å². The Kier molecular flexibility index (Phi) is 6.42. The highest BCUT2D eigenvalue weighted by Crippen LogP contribution is 2.14. The first kappa shape index (κ1) is 17.2. The van der Waals surface area contributed by atoms with Gasteiger partial charge in [0, 0.05) is 39.3 Å². The largest absolute Gasteiger partial charge is 0.379 e. The van der Waals surface area contributed by atoms with Crippen LogP contribution in [0.2, 0.25) is 0 Å². The molecule has 2 aliphatic heterocycles. The van der Waals surface area contributed by atoms with Crippen LogP contribution in [0.1, 0.15) is 37.8 Å². The molecule has 3 rings (SSSR count). The van der Waals surface area contributed by atoms with Gasteiger partial charge in [-0.2, -0.15) is 0 Å². The van der Waals surface area contributed by atoms with Crippen molar-refractivity contribution in [2.24, 2.45) is 4.99 Å². The van der Waals surface area contributed by atoms with Crippen LogP contribution < -0.4 is 10.6 Å². The van der Waals surface area contributed by atoms with E-state index in [2.05, 4.69) is 37.3 Å². The molecule has 1 saturated heterocycles. The summed E-state index contributed by atoms with van der Waals surface area (Å²) in [6.45, 7) is 7.61. The summed E-state index contributed by atoms with van der Waals surface area (Å²) in [6.07, 6.45) is 4.43. The molecule has 0 aromatic carbocycles. The topological polar surface area (TPSA) is 85.6 Å². The summed E-state index contributed by atoms with van der Waals surface area (Å²) in [6, 6.07) is 0. The standard InChI is InChI=1S/C16H28N6O2/c1-2-17-16(18-7-4-9-24-13-6-10-23-12-13)19-11-15-21-20-14-5-3-8-22(14)15/h13H,2-12H2,1H3,(H2,17,18,19). The summed E-state index contributed by atoms with van der Waals surface area (Å²) in [5, 5.41) is 15.1. The van der Waals surface area contributed by atoms with E-state index in [0.717, 1.165) is 82.7 Å². The fraction of sp³-hybridized carbons (Fsp3) is 0.812. The molecule has 8 nitrogen and oxygen atoms in total. The second kappa shape index (κ2) is 8.98. The van der Waals surface area contributed by atoms with Crippen molar-refractivity contribution < 1.29 is 9.47 Å². The second-order valence-electron chi connectivity index (χ2n) is 6.12. The van der Waals surface area contributed by atoms with E-state index in [0.29, 0.717) is 6.54 Å². The van der Waals surface area contributed by atoms with Gasteiger partial charge in [-0.25, -0.2) is 4.99 Å². The summed E-state index contributed by atoms with van der Waals surface area (Å²) in [4.78, 5) is 4.62. The molecule has 1 atom stereocenters. The molecule has 3 heterocycles. The first-order chi connectivity index (χ1) is 11.9. The third kappa shape index (κ3) is 4.67. The molecule has 134 valence electrons. The first-order valence-electron chi connectivity index (χ1n) is 8.99. The van der Waals surface area contributed by atoms with Gasteiger partial charge < -0.3 is 24.7 Å². The monoisotopic (exact) mass is 336 g/mol. The molecule has 1 unspecified atom stereocenters. The van der Waals surface area contributed by atoms with Crippen LogP contribution in [-0.4, -0.2) is 59.7 Å². The lowest BCUT2D eigenvalue weighted by atomic mass is 10.3. The number of hydrogen-bond donors (Lipinski definition) is 2. The lowest BCUT2D eigenvalue weighted by Crippen LogP contribution is -2.38. The molecule has 24 heavy (non-hydrogen) atoms. The van der Waals surface area contributed by atoms with E-state index in [1.165, 1.54) is 0 Å². The Morgan fingerprint density at radius 2 is 2.38 bits per heavy atom. The Labute approximate surface area is 143 Å². The smallest absolute Gasteiger partial charge is 0.191 e. The molecule has 0 saturated carbocycles. The number of aryl methyl sites for hydroxylation is 1. The number of aromatic nitrogens is 3. The van der Waals surface area contributed by atoms with Gasteiger partial charge in [-0.3, -0.25) is 0 Å². The maximum atomic E-state index is 5.77. The number of guanidine groups is 1. The third-order valence-electron chi connectivity index (χ3n) is 4.26. The van der Waals surface area contributed by atoms with Crippen molar-refractivity contribution in [3.05, 3.63) is 11.6 Å². The van der Waals surface area contributed by atoms with Crippen molar-refractivity contribution in [2.75, 3.05) is 32.9 Å². The SMILES string of the molecule is CCNC(=NCc1nnc2n1CCC2)NCCCOC1CCOC1. The van der Waals surface area contributed by atoms with E-state index in [1.807, 2.05) is 0 Å². The third-order valence-corrected chi connectivity index (χ3v) is 4.26. The maximum absolute atomic E-state index is 5.77. The molecule has 0 aliphatic carbocycles. The van der Waals surface area contributed by atoms with Crippen molar-refractivity contribution in [3.8, 4) is 0 Å². The Balaban J connectivity index is 1.40. The van der Waals surface area contributed by atoms with E-state index >= 15 is 0 Å². The number of aliphatic imine (C=N–C) groups is 1. The molecule has 0 amide bonds. The van der Waals surface area contributed by atoms with E-state index in [-0.39, 0.29) is 6.10 Å². The Bertz CT molecular complexity index is 539. The Morgan fingerprint density at radius 1 is 1.42 bits per heavy atom. The average molecular weight is 336 g/mol. The lowest BCUT2D eigenvalue weighted by molar-refractivity contribution is 0.0420. The zero-order chi connectivity index (χ0) is 16.6. The Hall–Kier alpha value is -1.67. The molecule has 0 radical (unpaired) electrons. The van der Waals surface area contributed by atoms with Crippen LogP contribution in [0.15, 0.2) is 4.99 Å². The van der Waals surface area contributed by atoms with Crippen LogP contribution >= 0.6 is 0 Å². The minimum Gasteiger partial charge on any atom is -0.379 e. The summed E-state index contributed by atoms with van der Waals surface area (Å²) >= 11 is 0. The predicted octanol–water partition coefficient (Wildman–Crippen LogP) is 0.475. The molecule has 8 heteroatoms. The van der Waals surface area contributed by atoms with Gasteiger partial charge in [0.05, 0.1) is 12.7 Å². The zero-order valence-electron chi connectivity index (χ0n) is 14.5. The van der Waals surface area contributed by atoms with Gasteiger partial charge in [-0.15, -0.1) is 10.2 Å². The van der Waals surface area contributed by atoms with E-state index in [4.69, 9.17) is 9.47 Å². The van der Waals surface area contributed by atoms with Gasteiger partial charge in [-0.1, -0.05) is 0 Å². The molecule has 1 fully saturated rings. The van der Waals surface area contributed by atoms with Crippen molar-refractivity contribution in [3.63, 3.8) is 0 Å². The quantitative estimate of drug-likeness (QED) is 0.408. The molecule has 2 aliphatic rings.